The molecule has 0 aliphatic rings. The Kier molecular flexibility index (Phi) is 3.98. The summed E-state index contributed by atoms with van der Waals surface area (Å²) in [5, 5.41) is 0. The lowest BCUT2D eigenvalue weighted by atomic mass is 10.2. The van der Waals surface area contributed by atoms with Gasteiger partial charge in [-0.3, -0.25) is 0 Å². The van der Waals surface area contributed by atoms with E-state index in [-0.39, 0.29) is 6.61 Å². The number of carbonyl (C=O) groups is 1. The van der Waals surface area contributed by atoms with Gasteiger partial charge >= 0.3 is 5.97 Å². The number of benzene rings is 2. The average Bonchev–Trinajstić information content (AvgIpc) is 3.03. The largest absolute Gasteiger partial charge is 0.497 e. The molecule has 0 saturated carbocycles. The van der Waals surface area contributed by atoms with Gasteiger partial charge in [0.05, 0.1) is 12.7 Å². The van der Waals surface area contributed by atoms with Gasteiger partial charge in [0.2, 0.25) is 5.89 Å². The maximum absolute atomic E-state index is 11.8. The molecule has 1 aromatic heterocycles. The van der Waals surface area contributed by atoms with Crippen LogP contribution in [-0.4, -0.2) is 24.7 Å². The number of oxazole rings is 1. The molecule has 114 valence electrons. The first-order valence-electron chi connectivity index (χ1n) is 6.87. The van der Waals surface area contributed by atoms with Gasteiger partial charge in [0.1, 0.15) is 11.3 Å². The summed E-state index contributed by atoms with van der Waals surface area (Å²) in [6.07, 6.45) is 5.07. The molecule has 0 amide bonds. The molecule has 5 heteroatoms. The fraction of sp³-hybridized carbons (Fsp3) is 0.111. The van der Waals surface area contributed by atoms with Gasteiger partial charge in [0.25, 0.3) is 0 Å². The lowest BCUT2D eigenvalue weighted by Gasteiger charge is -2.00. The highest BCUT2D eigenvalue weighted by molar-refractivity contribution is 5.93. The van der Waals surface area contributed by atoms with Crippen molar-refractivity contribution in [3.63, 3.8) is 0 Å². The molecule has 2 aromatic carbocycles. The van der Waals surface area contributed by atoms with Crippen LogP contribution in [0.1, 0.15) is 10.4 Å². The Balaban J connectivity index is 1.96. The number of terminal acetylenes is 1. The smallest absolute Gasteiger partial charge is 0.339 e. The zero-order chi connectivity index (χ0) is 16.2. The summed E-state index contributed by atoms with van der Waals surface area (Å²) in [6.45, 7) is -0.0647. The van der Waals surface area contributed by atoms with Crippen molar-refractivity contribution >= 4 is 17.1 Å². The third-order valence-electron chi connectivity index (χ3n) is 3.23. The second-order valence-corrected chi connectivity index (χ2v) is 4.71. The summed E-state index contributed by atoms with van der Waals surface area (Å²) < 4.78 is 15.8. The van der Waals surface area contributed by atoms with Crippen molar-refractivity contribution in [3.8, 4) is 29.5 Å². The summed E-state index contributed by atoms with van der Waals surface area (Å²) in [4.78, 5) is 16.2. The first-order valence-corrected chi connectivity index (χ1v) is 6.87. The molecule has 0 saturated heterocycles. The number of carbonyl (C=O) groups excluding carboxylic acids is 1. The SMILES string of the molecule is C#CCOC(=O)c1ccc2oc(-c3cccc(OC)c3)nc2c1. The molecule has 1 heterocycles. The van der Waals surface area contributed by atoms with E-state index >= 15 is 0 Å². The number of nitrogens with zero attached hydrogens (tertiary/aromatic N) is 1. The van der Waals surface area contributed by atoms with E-state index in [0.717, 1.165) is 5.56 Å². The van der Waals surface area contributed by atoms with Gasteiger partial charge in [-0.2, -0.15) is 0 Å². The number of hydrogen-bond donors (Lipinski definition) is 0. The standard InChI is InChI=1S/C18H13NO4/c1-3-9-22-18(20)13-7-8-16-15(11-13)19-17(23-16)12-5-4-6-14(10-12)21-2/h1,4-8,10-11H,9H2,2H3. The minimum Gasteiger partial charge on any atom is -0.497 e. The molecule has 23 heavy (non-hydrogen) atoms. The van der Waals surface area contributed by atoms with Gasteiger partial charge in [0.15, 0.2) is 12.2 Å². The fourth-order valence-corrected chi connectivity index (χ4v) is 2.12. The monoisotopic (exact) mass is 307 g/mol. The Bertz CT molecular complexity index is 905. The highest BCUT2D eigenvalue weighted by Gasteiger charge is 2.13. The summed E-state index contributed by atoms with van der Waals surface area (Å²) >= 11 is 0. The van der Waals surface area contributed by atoms with Gasteiger partial charge < -0.3 is 13.9 Å². The van der Waals surface area contributed by atoms with Crippen molar-refractivity contribution in [1.29, 1.82) is 0 Å². The normalized spacial score (nSPS) is 10.3. The van der Waals surface area contributed by atoms with Crippen LogP contribution in [0.3, 0.4) is 0 Å². The van der Waals surface area contributed by atoms with Crippen LogP contribution in [0.15, 0.2) is 46.9 Å². The summed E-state index contributed by atoms with van der Waals surface area (Å²) in [5.74, 6) is 2.93. The summed E-state index contributed by atoms with van der Waals surface area (Å²) in [5.41, 5.74) is 2.31. The Hall–Kier alpha value is -3.26. The van der Waals surface area contributed by atoms with E-state index in [1.165, 1.54) is 0 Å². The Morgan fingerprint density at radius 3 is 2.96 bits per heavy atom. The van der Waals surface area contributed by atoms with Gasteiger partial charge in [-0.25, -0.2) is 9.78 Å². The maximum atomic E-state index is 11.8. The highest BCUT2D eigenvalue weighted by atomic mass is 16.5. The minimum absolute atomic E-state index is 0.0647. The predicted octanol–water partition coefficient (Wildman–Crippen LogP) is 3.29. The average molecular weight is 307 g/mol. The first-order chi connectivity index (χ1) is 11.2. The molecular weight excluding hydrogens is 294 g/mol. The molecule has 0 fully saturated rings. The van der Waals surface area contributed by atoms with Crippen LogP contribution in [0.25, 0.3) is 22.6 Å². The first kappa shape index (κ1) is 14.7. The van der Waals surface area contributed by atoms with Crippen LogP contribution >= 0.6 is 0 Å². The van der Waals surface area contributed by atoms with Crippen molar-refractivity contribution in [3.05, 3.63) is 48.0 Å². The van der Waals surface area contributed by atoms with Crippen molar-refractivity contribution in [1.82, 2.24) is 4.98 Å². The van der Waals surface area contributed by atoms with Crippen LogP contribution in [0.5, 0.6) is 5.75 Å². The number of methoxy groups -OCH3 is 1. The van der Waals surface area contributed by atoms with Crippen LogP contribution in [0.2, 0.25) is 0 Å². The number of esters is 1. The second kappa shape index (κ2) is 6.24. The molecule has 0 atom stereocenters. The van der Waals surface area contributed by atoms with E-state index in [9.17, 15) is 4.79 Å². The second-order valence-electron chi connectivity index (χ2n) is 4.71. The zero-order valence-electron chi connectivity index (χ0n) is 12.4. The third kappa shape index (κ3) is 3.01. The molecule has 0 N–H and O–H groups in total. The summed E-state index contributed by atoms with van der Waals surface area (Å²) in [6, 6.07) is 12.3. The number of hydrogen-bond acceptors (Lipinski definition) is 5. The van der Waals surface area contributed by atoms with Crippen LogP contribution in [0.4, 0.5) is 0 Å². The van der Waals surface area contributed by atoms with Crippen molar-refractivity contribution in [2.24, 2.45) is 0 Å². The lowest BCUT2D eigenvalue weighted by molar-refractivity contribution is 0.0557. The Morgan fingerprint density at radius 2 is 2.17 bits per heavy atom. The third-order valence-corrected chi connectivity index (χ3v) is 3.23. The maximum Gasteiger partial charge on any atom is 0.339 e. The molecule has 0 spiro atoms. The lowest BCUT2D eigenvalue weighted by Crippen LogP contribution is -2.04. The quantitative estimate of drug-likeness (QED) is 0.547. The van der Waals surface area contributed by atoms with E-state index in [4.69, 9.17) is 20.3 Å². The molecule has 0 bridgehead atoms. The Labute approximate surface area is 132 Å². The van der Waals surface area contributed by atoms with Gasteiger partial charge in [0, 0.05) is 5.56 Å². The van der Waals surface area contributed by atoms with E-state index < -0.39 is 5.97 Å². The molecule has 0 unspecified atom stereocenters. The van der Waals surface area contributed by atoms with Gasteiger partial charge in [-0.05, 0) is 36.4 Å². The van der Waals surface area contributed by atoms with E-state index in [1.807, 2.05) is 24.3 Å². The van der Waals surface area contributed by atoms with E-state index in [2.05, 4.69) is 10.9 Å². The predicted molar refractivity (Wildman–Crippen MR) is 85.1 cm³/mol. The van der Waals surface area contributed by atoms with E-state index in [1.54, 1.807) is 25.3 Å². The Morgan fingerprint density at radius 1 is 1.30 bits per heavy atom. The van der Waals surface area contributed by atoms with Crippen LogP contribution in [-0.2, 0) is 4.74 Å². The number of fused-ring (bicyclic) bond motifs is 1. The highest BCUT2D eigenvalue weighted by Crippen LogP contribution is 2.27. The number of aromatic nitrogens is 1. The topological polar surface area (TPSA) is 61.6 Å². The molecule has 0 aliphatic heterocycles. The van der Waals surface area contributed by atoms with Crippen LogP contribution in [0, 0.1) is 12.3 Å². The molecular formula is C18H13NO4. The van der Waals surface area contributed by atoms with Crippen molar-refractivity contribution < 1.29 is 18.7 Å². The van der Waals surface area contributed by atoms with Crippen molar-refractivity contribution in [2.45, 2.75) is 0 Å². The zero-order valence-corrected chi connectivity index (χ0v) is 12.4. The fourth-order valence-electron chi connectivity index (χ4n) is 2.12. The van der Waals surface area contributed by atoms with Gasteiger partial charge in [-0.15, -0.1) is 6.42 Å². The van der Waals surface area contributed by atoms with Gasteiger partial charge in [-0.1, -0.05) is 12.0 Å². The summed E-state index contributed by atoms with van der Waals surface area (Å²) in [7, 11) is 1.60. The number of rotatable bonds is 4. The van der Waals surface area contributed by atoms with Crippen LogP contribution < -0.4 is 4.74 Å². The molecule has 3 aromatic rings. The number of ether oxygens (including phenoxy) is 2. The molecule has 3 rings (SSSR count). The van der Waals surface area contributed by atoms with E-state index in [0.29, 0.717) is 28.3 Å². The molecule has 0 aliphatic carbocycles. The molecule has 0 radical (unpaired) electrons. The van der Waals surface area contributed by atoms with Crippen molar-refractivity contribution in [2.75, 3.05) is 13.7 Å². The minimum atomic E-state index is -0.490. The molecule has 5 nitrogen and oxygen atoms in total.